The molecule has 1 amide bonds. The highest BCUT2D eigenvalue weighted by molar-refractivity contribution is 5.96. The Morgan fingerprint density at radius 3 is 2.10 bits per heavy atom. The number of hydrogen-bond donors (Lipinski definition) is 1. The lowest BCUT2D eigenvalue weighted by atomic mass is 9.79. The lowest BCUT2D eigenvalue weighted by Crippen LogP contribution is -2.58. The van der Waals surface area contributed by atoms with E-state index in [-0.39, 0.29) is 17.9 Å². The standard InChI is InChI=1S/C20H23F7N2O2/c1-16(2,3)17(31)12-14(18(21,22)19(23,24)20(25,26)27)28-29(17)15(30)11-7-10-13-8-5-4-6-9-13/h4-6,8-9,31H,7,10-12H2,1-3H3/t17-/m1/s1. The molecule has 0 unspecified atom stereocenters. The van der Waals surface area contributed by atoms with Crippen LogP contribution in [-0.4, -0.2) is 45.5 Å². The summed E-state index contributed by atoms with van der Waals surface area (Å²) in [6.45, 7) is 3.99. The summed E-state index contributed by atoms with van der Waals surface area (Å²) in [6, 6.07) is 8.92. The number of hydrogen-bond acceptors (Lipinski definition) is 3. The molecular formula is C20H23F7N2O2. The van der Waals surface area contributed by atoms with Gasteiger partial charge < -0.3 is 5.11 Å². The van der Waals surface area contributed by atoms with Crippen molar-refractivity contribution in [1.29, 1.82) is 0 Å². The van der Waals surface area contributed by atoms with Crippen molar-refractivity contribution in [3.8, 4) is 0 Å². The molecule has 1 aromatic rings. The normalized spacial score (nSPS) is 20.7. The maximum atomic E-state index is 14.2. The zero-order chi connectivity index (χ0) is 23.9. The second-order valence-electron chi connectivity index (χ2n) is 8.48. The molecule has 4 nitrogen and oxygen atoms in total. The molecule has 1 heterocycles. The van der Waals surface area contributed by atoms with Gasteiger partial charge in [-0.15, -0.1) is 0 Å². The van der Waals surface area contributed by atoms with Crippen molar-refractivity contribution < 1.29 is 40.6 Å². The summed E-state index contributed by atoms with van der Waals surface area (Å²) < 4.78 is 93.1. The van der Waals surface area contributed by atoms with Gasteiger partial charge >= 0.3 is 18.0 Å². The maximum absolute atomic E-state index is 14.2. The van der Waals surface area contributed by atoms with E-state index >= 15 is 0 Å². The summed E-state index contributed by atoms with van der Waals surface area (Å²) >= 11 is 0. The Morgan fingerprint density at radius 1 is 1.06 bits per heavy atom. The van der Waals surface area contributed by atoms with Crippen LogP contribution >= 0.6 is 0 Å². The Kier molecular flexibility index (Phi) is 6.53. The first-order valence-corrected chi connectivity index (χ1v) is 9.45. The summed E-state index contributed by atoms with van der Waals surface area (Å²) in [6.07, 6.45) is -7.54. The molecule has 1 aliphatic heterocycles. The topological polar surface area (TPSA) is 52.9 Å². The molecule has 0 radical (unpaired) electrons. The Bertz CT molecular complexity index is 832. The van der Waals surface area contributed by atoms with Crippen LogP contribution in [0.2, 0.25) is 0 Å². The molecule has 11 heteroatoms. The van der Waals surface area contributed by atoms with Crippen molar-refractivity contribution >= 4 is 11.6 Å². The third kappa shape index (κ3) is 4.56. The molecule has 31 heavy (non-hydrogen) atoms. The largest absolute Gasteiger partial charge is 0.460 e. The van der Waals surface area contributed by atoms with Crippen molar-refractivity contribution in [3.05, 3.63) is 35.9 Å². The molecule has 1 aliphatic rings. The van der Waals surface area contributed by atoms with E-state index in [9.17, 15) is 40.6 Å². The number of alkyl halides is 7. The molecule has 1 atom stereocenters. The van der Waals surface area contributed by atoms with Crippen LogP contribution in [0.4, 0.5) is 30.7 Å². The third-order valence-electron chi connectivity index (χ3n) is 5.23. The summed E-state index contributed by atoms with van der Waals surface area (Å²) in [7, 11) is 0. The molecule has 0 bridgehead atoms. The molecule has 0 spiro atoms. The van der Waals surface area contributed by atoms with E-state index in [1.165, 1.54) is 20.8 Å². The predicted octanol–water partition coefficient (Wildman–Crippen LogP) is 5.17. The van der Waals surface area contributed by atoms with Gasteiger partial charge in [-0.2, -0.15) is 35.8 Å². The number of carbonyl (C=O) groups is 1. The molecule has 2 rings (SSSR count). The van der Waals surface area contributed by atoms with Crippen molar-refractivity contribution in [2.45, 2.75) is 70.2 Å². The average molecular weight is 456 g/mol. The quantitative estimate of drug-likeness (QED) is 0.601. The van der Waals surface area contributed by atoms with Crippen molar-refractivity contribution in [2.24, 2.45) is 10.5 Å². The fourth-order valence-corrected chi connectivity index (χ4v) is 3.12. The lowest BCUT2D eigenvalue weighted by Gasteiger charge is -2.42. The van der Waals surface area contributed by atoms with Crippen molar-refractivity contribution in [3.63, 3.8) is 0 Å². The number of nitrogens with zero attached hydrogens (tertiary/aromatic N) is 2. The Labute approximate surface area is 174 Å². The zero-order valence-electron chi connectivity index (χ0n) is 17.1. The number of halogens is 7. The first kappa shape index (κ1) is 25.1. The van der Waals surface area contributed by atoms with Gasteiger partial charge in [0.25, 0.3) is 0 Å². The summed E-state index contributed by atoms with van der Waals surface area (Å²) in [5.41, 5.74) is -4.90. The SMILES string of the molecule is CC(C)(C)[C@]1(O)CC(C(F)(F)C(F)(F)C(F)(F)F)=NN1C(=O)CCCc1ccccc1. The van der Waals surface area contributed by atoms with Crippen LogP contribution in [0.5, 0.6) is 0 Å². The van der Waals surface area contributed by atoms with Crippen LogP contribution < -0.4 is 0 Å². The van der Waals surface area contributed by atoms with Gasteiger partial charge in [0.15, 0.2) is 5.72 Å². The summed E-state index contributed by atoms with van der Waals surface area (Å²) in [5, 5.41) is 14.2. The number of amides is 1. The van der Waals surface area contributed by atoms with Gasteiger partial charge in [-0.3, -0.25) is 4.79 Å². The van der Waals surface area contributed by atoms with Gasteiger partial charge in [-0.05, 0) is 18.4 Å². The molecule has 0 aliphatic carbocycles. The molecule has 174 valence electrons. The second kappa shape index (κ2) is 8.07. The van der Waals surface area contributed by atoms with E-state index in [4.69, 9.17) is 0 Å². The number of aryl methyl sites for hydroxylation is 1. The average Bonchev–Trinajstić information content (AvgIpc) is 3.01. The van der Waals surface area contributed by atoms with Gasteiger partial charge in [-0.1, -0.05) is 51.1 Å². The highest BCUT2D eigenvalue weighted by Gasteiger charge is 2.76. The molecule has 0 aromatic heterocycles. The van der Waals surface area contributed by atoms with E-state index < -0.39 is 47.2 Å². The van der Waals surface area contributed by atoms with Gasteiger partial charge in [-0.25, -0.2) is 5.01 Å². The number of carbonyl (C=O) groups excluding carboxylic acids is 1. The van der Waals surface area contributed by atoms with E-state index in [1.807, 2.05) is 0 Å². The van der Waals surface area contributed by atoms with E-state index in [1.54, 1.807) is 30.3 Å². The molecule has 0 saturated carbocycles. The summed E-state index contributed by atoms with van der Waals surface area (Å²) in [4.78, 5) is 12.6. The number of hydrazone groups is 1. The molecule has 0 fully saturated rings. The van der Waals surface area contributed by atoms with Crippen molar-refractivity contribution in [2.75, 3.05) is 0 Å². The van der Waals surface area contributed by atoms with Gasteiger partial charge in [0.1, 0.15) is 5.71 Å². The first-order valence-electron chi connectivity index (χ1n) is 9.45. The molecule has 1 N–H and O–H groups in total. The minimum Gasteiger partial charge on any atom is -0.368 e. The first-order chi connectivity index (χ1) is 13.9. The number of aliphatic hydroxyl groups is 1. The Balaban J connectivity index is 2.31. The van der Waals surface area contributed by atoms with Gasteiger partial charge in [0.2, 0.25) is 5.91 Å². The van der Waals surface area contributed by atoms with Crippen LogP contribution in [0.3, 0.4) is 0 Å². The highest BCUT2D eigenvalue weighted by atomic mass is 19.4. The van der Waals surface area contributed by atoms with Crippen LogP contribution in [0, 0.1) is 5.41 Å². The van der Waals surface area contributed by atoms with Gasteiger partial charge in [0, 0.05) is 18.3 Å². The second-order valence-corrected chi connectivity index (χ2v) is 8.48. The number of rotatable bonds is 6. The van der Waals surface area contributed by atoms with E-state index in [0.29, 0.717) is 6.42 Å². The van der Waals surface area contributed by atoms with Crippen molar-refractivity contribution in [1.82, 2.24) is 5.01 Å². The highest BCUT2D eigenvalue weighted by Crippen LogP contribution is 2.51. The van der Waals surface area contributed by atoms with Gasteiger partial charge in [0.05, 0.1) is 0 Å². The monoisotopic (exact) mass is 456 g/mol. The maximum Gasteiger partial charge on any atom is 0.460 e. The Morgan fingerprint density at radius 2 is 1.61 bits per heavy atom. The fraction of sp³-hybridized carbons (Fsp3) is 0.600. The summed E-state index contributed by atoms with van der Waals surface area (Å²) in [5.74, 6) is -13.1. The van der Waals surface area contributed by atoms with Crippen LogP contribution in [-0.2, 0) is 11.2 Å². The van der Waals surface area contributed by atoms with Crippen LogP contribution in [0.25, 0.3) is 0 Å². The third-order valence-corrected chi connectivity index (χ3v) is 5.23. The molecular weight excluding hydrogens is 433 g/mol. The predicted molar refractivity (Wildman–Crippen MR) is 98.6 cm³/mol. The Hall–Kier alpha value is -2.17. The van der Waals surface area contributed by atoms with E-state index in [2.05, 4.69) is 5.10 Å². The van der Waals surface area contributed by atoms with Crippen LogP contribution in [0.15, 0.2) is 35.4 Å². The smallest absolute Gasteiger partial charge is 0.368 e. The van der Waals surface area contributed by atoms with Crippen LogP contribution in [0.1, 0.15) is 45.6 Å². The minimum atomic E-state index is -6.55. The molecule has 0 saturated heterocycles. The number of benzene rings is 1. The lowest BCUT2D eigenvalue weighted by molar-refractivity contribution is -0.336. The zero-order valence-corrected chi connectivity index (χ0v) is 17.1. The molecule has 1 aromatic carbocycles. The fourth-order valence-electron chi connectivity index (χ4n) is 3.12. The van der Waals surface area contributed by atoms with E-state index in [0.717, 1.165) is 5.56 Å². The minimum absolute atomic E-state index is 0.222.